The lowest BCUT2D eigenvalue weighted by Gasteiger charge is -2.07. The fraction of sp³-hybridized carbons (Fsp3) is 0.471. The summed E-state index contributed by atoms with van der Waals surface area (Å²) in [4.78, 5) is 4.70. The van der Waals surface area contributed by atoms with Crippen LogP contribution in [0.25, 0.3) is 0 Å². The van der Waals surface area contributed by atoms with E-state index in [1.54, 1.807) is 25.3 Å². The van der Waals surface area contributed by atoms with Gasteiger partial charge in [0.1, 0.15) is 5.82 Å². The van der Waals surface area contributed by atoms with Crippen molar-refractivity contribution in [1.82, 2.24) is 8.96 Å². The molecule has 0 atom stereocenters. The first kappa shape index (κ1) is 16.7. The molecule has 0 unspecified atom stereocenters. The lowest BCUT2D eigenvalue weighted by molar-refractivity contribution is 0.585. The first-order valence-electron chi connectivity index (χ1n) is 7.82. The maximum absolute atomic E-state index is 12.7. The molecule has 0 saturated heterocycles. The molecule has 0 amide bonds. The van der Waals surface area contributed by atoms with E-state index in [0.29, 0.717) is 10.7 Å². The van der Waals surface area contributed by atoms with Crippen LogP contribution in [0.3, 0.4) is 0 Å². The zero-order valence-electron chi connectivity index (χ0n) is 13.5. The molecule has 0 aliphatic rings. The fourth-order valence-corrected chi connectivity index (χ4v) is 3.79. The summed E-state index contributed by atoms with van der Waals surface area (Å²) < 4.78 is 26.7. The van der Waals surface area contributed by atoms with E-state index in [4.69, 9.17) is 0 Å². The van der Waals surface area contributed by atoms with Crippen molar-refractivity contribution in [3.63, 3.8) is 0 Å². The van der Waals surface area contributed by atoms with Crippen molar-refractivity contribution in [3.8, 4) is 0 Å². The van der Waals surface area contributed by atoms with Crippen LogP contribution in [-0.4, -0.2) is 17.4 Å². The smallest absolute Gasteiger partial charge is 0.238 e. The van der Waals surface area contributed by atoms with Gasteiger partial charge in [0.05, 0.1) is 10.6 Å². The monoisotopic (exact) mass is 320 g/mol. The lowest BCUT2D eigenvalue weighted by atomic mass is 10.1. The first-order chi connectivity index (χ1) is 10.4. The normalized spacial score (nSPS) is 11.8. The minimum absolute atomic E-state index is 0.302. The molecule has 5 heteroatoms. The highest BCUT2D eigenvalue weighted by atomic mass is 32.2. The van der Waals surface area contributed by atoms with Gasteiger partial charge in [0, 0.05) is 6.20 Å². The summed E-state index contributed by atoms with van der Waals surface area (Å²) in [5, 5.41) is 0. The molecule has 0 spiro atoms. The van der Waals surface area contributed by atoms with Gasteiger partial charge in [0.25, 0.3) is 10.0 Å². The summed E-state index contributed by atoms with van der Waals surface area (Å²) in [6, 6.07) is 6.91. The van der Waals surface area contributed by atoms with Gasteiger partial charge in [-0.05, 0) is 38.8 Å². The summed E-state index contributed by atoms with van der Waals surface area (Å²) >= 11 is 0. The molecule has 1 aromatic heterocycles. The number of hydrogen-bond donors (Lipinski definition) is 0. The number of aromatic nitrogens is 2. The summed E-state index contributed by atoms with van der Waals surface area (Å²) in [6.07, 6.45) is 7.10. The van der Waals surface area contributed by atoms with E-state index in [1.807, 2.05) is 19.1 Å². The Morgan fingerprint density at radius 2 is 1.73 bits per heavy atom. The van der Waals surface area contributed by atoms with E-state index in [-0.39, 0.29) is 0 Å². The van der Waals surface area contributed by atoms with Crippen LogP contribution in [0.4, 0.5) is 0 Å². The molecule has 1 aromatic carbocycles. The van der Waals surface area contributed by atoms with Gasteiger partial charge in [-0.2, -0.15) is 0 Å². The van der Waals surface area contributed by atoms with Crippen LogP contribution in [0.15, 0.2) is 35.4 Å². The highest BCUT2D eigenvalue weighted by Crippen LogP contribution is 2.18. The molecule has 1 heterocycles. The highest BCUT2D eigenvalue weighted by Gasteiger charge is 2.19. The Labute approximate surface area is 133 Å². The number of aryl methyl sites for hydroxylation is 3. The Hall–Kier alpha value is -1.62. The predicted octanol–water partition coefficient (Wildman–Crippen LogP) is 3.86. The number of rotatable bonds is 7. The molecule has 120 valence electrons. The van der Waals surface area contributed by atoms with E-state index in [2.05, 4.69) is 11.9 Å². The molecule has 0 aliphatic carbocycles. The number of benzene rings is 1. The van der Waals surface area contributed by atoms with Gasteiger partial charge in [0.2, 0.25) is 0 Å². The fourth-order valence-electron chi connectivity index (χ4n) is 2.44. The molecular weight excluding hydrogens is 296 g/mol. The van der Waals surface area contributed by atoms with Gasteiger partial charge >= 0.3 is 0 Å². The third-order valence-corrected chi connectivity index (χ3v) is 5.51. The van der Waals surface area contributed by atoms with Crippen molar-refractivity contribution < 1.29 is 8.42 Å². The lowest BCUT2D eigenvalue weighted by Crippen LogP contribution is -2.13. The van der Waals surface area contributed by atoms with Crippen LogP contribution in [-0.2, 0) is 16.4 Å². The van der Waals surface area contributed by atoms with Crippen LogP contribution in [0.2, 0.25) is 0 Å². The largest absolute Gasteiger partial charge is 0.269 e. The predicted molar refractivity (Wildman–Crippen MR) is 88.6 cm³/mol. The molecular formula is C17H24N2O2S. The Kier molecular flexibility index (Phi) is 5.40. The third kappa shape index (κ3) is 3.77. The molecule has 2 aromatic rings. The second-order valence-corrected chi connectivity index (χ2v) is 7.52. The second kappa shape index (κ2) is 7.09. The van der Waals surface area contributed by atoms with Crippen LogP contribution in [0.1, 0.15) is 49.7 Å². The summed E-state index contributed by atoms with van der Waals surface area (Å²) in [5.41, 5.74) is 1.89. The SMILES string of the molecule is CCCCCCc1cn(S(=O)(=O)c2ccc(C)cc2)c(C)n1. The molecule has 0 aliphatic heterocycles. The van der Waals surface area contributed by atoms with Crippen LogP contribution >= 0.6 is 0 Å². The van der Waals surface area contributed by atoms with Crippen molar-refractivity contribution in [2.75, 3.05) is 0 Å². The van der Waals surface area contributed by atoms with E-state index in [9.17, 15) is 8.42 Å². The molecule has 4 nitrogen and oxygen atoms in total. The Morgan fingerprint density at radius 1 is 1.05 bits per heavy atom. The van der Waals surface area contributed by atoms with Gasteiger partial charge < -0.3 is 0 Å². The van der Waals surface area contributed by atoms with Gasteiger partial charge in [-0.25, -0.2) is 17.4 Å². The number of imidazole rings is 1. The topological polar surface area (TPSA) is 52.0 Å². The molecule has 0 radical (unpaired) electrons. The molecule has 0 saturated carbocycles. The van der Waals surface area contributed by atoms with E-state index in [0.717, 1.165) is 30.5 Å². The zero-order chi connectivity index (χ0) is 16.2. The standard InChI is InChI=1S/C17H24N2O2S/c1-4-5-6-7-8-16-13-19(15(3)18-16)22(20,21)17-11-9-14(2)10-12-17/h9-13H,4-8H2,1-3H3. The minimum atomic E-state index is -3.55. The molecule has 0 N–H and O–H groups in total. The number of unbranched alkanes of at least 4 members (excludes halogenated alkanes) is 3. The number of hydrogen-bond acceptors (Lipinski definition) is 3. The van der Waals surface area contributed by atoms with Gasteiger partial charge in [-0.3, -0.25) is 0 Å². The summed E-state index contributed by atoms with van der Waals surface area (Å²) in [7, 11) is -3.55. The van der Waals surface area contributed by atoms with Crippen molar-refractivity contribution in [2.45, 2.75) is 57.8 Å². The Balaban J connectivity index is 2.21. The van der Waals surface area contributed by atoms with Crippen molar-refractivity contribution in [2.24, 2.45) is 0 Å². The Morgan fingerprint density at radius 3 is 2.36 bits per heavy atom. The van der Waals surface area contributed by atoms with Crippen molar-refractivity contribution >= 4 is 10.0 Å². The Bertz CT molecular complexity index is 716. The summed E-state index contributed by atoms with van der Waals surface area (Å²) in [5.74, 6) is 0.520. The maximum atomic E-state index is 12.7. The van der Waals surface area contributed by atoms with E-state index >= 15 is 0 Å². The highest BCUT2D eigenvalue weighted by molar-refractivity contribution is 7.90. The van der Waals surface area contributed by atoms with Crippen molar-refractivity contribution in [3.05, 3.63) is 47.5 Å². The first-order valence-corrected chi connectivity index (χ1v) is 9.26. The molecule has 0 bridgehead atoms. The molecule has 2 rings (SSSR count). The van der Waals surface area contributed by atoms with Gasteiger partial charge in [0.15, 0.2) is 0 Å². The van der Waals surface area contributed by atoms with Gasteiger partial charge in [-0.1, -0.05) is 43.9 Å². The quantitative estimate of drug-likeness (QED) is 0.728. The van der Waals surface area contributed by atoms with Crippen molar-refractivity contribution in [1.29, 1.82) is 0 Å². The summed E-state index contributed by atoms with van der Waals surface area (Å²) in [6.45, 7) is 5.85. The average Bonchev–Trinajstić information content (AvgIpc) is 2.86. The van der Waals surface area contributed by atoms with Crippen LogP contribution in [0.5, 0.6) is 0 Å². The average molecular weight is 320 g/mol. The minimum Gasteiger partial charge on any atom is -0.238 e. The van der Waals surface area contributed by atoms with Crippen LogP contribution < -0.4 is 0 Å². The number of nitrogens with zero attached hydrogens (tertiary/aromatic N) is 2. The third-order valence-electron chi connectivity index (χ3n) is 3.75. The van der Waals surface area contributed by atoms with E-state index in [1.165, 1.54) is 16.8 Å². The van der Waals surface area contributed by atoms with Crippen LogP contribution in [0, 0.1) is 13.8 Å². The maximum Gasteiger partial charge on any atom is 0.269 e. The second-order valence-electron chi connectivity index (χ2n) is 5.70. The van der Waals surface area contributed by atoms with E-state index < -0.39 is 10.0 Å². The molecule has 0 fully saturated rings. The zero-order valence-corrected chi connectivity index (χ0v) is 14.4. The molecule has 22 heavy (non-hydrogen) atoms. The van der Waals surface area contributed by atoms with Gasteiger partial charge in [-0.15, -0.1) is 0 Å².